The number of hydrogen-bond donors (Lipinski definition) is 3. The first-order chi connectivity index (χ1) is 12.5. The van der Waals surface area contributed by atoms with E-state index in [1.807, 2.05) is 30.3 Å². The van der Waals surface area contributed by atoms with Gasteiger partial charge in [-0.2, -0.15) is 0 Å². The third-order valence-electron chi connectivity index (χ3n) is 3.37. The summed E-state index contributed by atoms with van der Waals surface area (Å²) in [5.74, 6) is -0.140. The summed E-state index contributed by atoms with van der Waals surface area (Å²) in [4.78, 5) is 12.0. The van der Waals surface area contributed by atoms with E-state index in [0.717, 1.165) is 6.07 Å². The number of halogens is 2. The maximum Gasteiger partial charge on any atom is 0.323 e. The van der Waals surface area contributed by atoms with Crippen LogP contribution in [0.3, 0.4) is 0 Å². The summed E-state index contributed by atoms with van der Waals surface area (Å²) in [6.07, 6.45) is 0. The molecule has 3 rings (SSSR count). The first-order valence-electron chi connectivity index (χ1n) is 7.60. The number of hydrogen-bond acceptors (Lipinski definition) is 3. The van der Waals surface area contributed by atoms with E-state index in [9.17, 15) is 14.3 Å². The van der Waals surface area contributed by atoms with E-state index in [2.05, 4.69) is 26.6 Å². The van der Waals surface area contributed by atoms with Crippen LogP contribution in [0.2, 0.25) is 0 Å². The number of carbonyl (C=O) groups excluding carboxylic acids is 1. The molecule has 0 aromatic heterocycles. The molecule has 2 amide bonds. The molecule has 26 heavy (non-hydrogen) atoms. The number of aromatic hydroxyl groups is 1. The van der Waals surface area contributed by atoms with Crippen LogP contribution in [0.4, 0.5) is 20.6 Å². The number of benzene rings is 3. The summed E-state index contributed by atoms with van der Waals surface area (Å²) in [5.41, 5.74) is 0.469. The number of phenols is 1. The first kappa shape index (κ1) is 17.8. The molecule has 0 saturated carbocycles. The minimum Gasteiger partial charge on any atom is -0.503 e. The summed E-state index contributed by atoms with van der Waals surface area (Å²) in [5, 5.41) is 14.6. The summed E-state index contributed by atoms with van der Waals surface area (Å²) in [7, 11) is 0. The molecule has 0 bridgehead atoms. The van der Waals surface area contributed by atoms with Gasteiger partial charge in [-0.15, -0.1) is 0 Å². The van der Waals surface area contributed by atoms with Crippen molar-refractivity contribution in [2.45, 2.75) is 0 Å². The van der Waals surface area contributed by atoms with Gasteiger partial charge in [-0.25, -0.2) is 9.18 Å². The number of amides is 2. The van der Waals surface area contributed by atoms with Crippen LogP contribution in [0, 0.1) is 5.82 Å². The lowest BCUT2D eigenvalue weighted by molar-refractivity contribution is 0.262. The monoisotopic (exact) mass is 416 g/mol. The number of anilines is 2. The molecule has 0 fully saturated rings. The molecule has 0 aliphatic carbocycles. The zero-order valence-electron chi connectivity index (χ0n) is 13.4. The molecule has 3 N–H and O–H groups in total. The molecule has 5 nitrogen and oxygen atoms in total. The predicted octanol–water partition coefficient (Wildman–Crippen LogP) is 5.73. The molecular weight excluding hydrogens is 403 g/mol. The van der Waals surface area contributed by atoms with Crippen LogP contribution in [-0.2, 0) is 0 Å². The number of urea groups is 1. The molecule has 0 atom stereocenters. The second-order valence-corrected chi connectivity index (χ2v) is 6.22. The van der Waals surface area contributed by atoms with E-state index in [1.165, 1.54) is 6.07 Å². The molecule has 132 valence electrons. The third-order valence-corrected chi connectivity index (χ3v) is 3.83. The maximum atomic E-state index is 13.5. The minimum absolute atomic E-state index is 0.0431. The van der Waals surface area contributed by atoms with Crippen molar-refractivity contribution < 1.29 is 19.0 Å². The quantitative estimate of drug-likeness (QED) is 0.475. The summed E-state index contributed by atoms with van der Waals surface area (Å²) in [6, 6.07) is 17.9. The SMILES string of the molecule is O=C(Nc1ccc(Oc2ccccc2)cc1)Nc1cc(Br)cc(F)c1O. The average Bonchev–Trinajstić information content (AvgIpc) is 2.62. The molecule has 0 radical (unpaired) electrons. The molecule has 0 unspecified atom stereocenters. The van der Waals surface area contributed by atoms with E-state index in [0.29, 0.717) is 21.7 Å². The molecule has 7 heteroatoms. The maximum absolute atomic E-state index is 13.5. The first-order valence-corrected chi connectivity index (χ1v) is 8.39. The van der Waals surface area contributed by atoms with Gasteiger partial charge in [0.15, 0.2) is 11.6 Å². The molecule has 0 heterocycles. The van der Waals surface area contributed by atoms with Crippen LogP contribution in [0.5, 0.6) is 17.2 Å². The van der Waals surface area contributed by atoms with Crippen LogP contribution in [0.1, 0.15) is 0 Å². The topological polar surface area (TPSA) is 70.6 Å². The normalized spacial score (nSPS) is 10.2. The largest absolute Gasteiger partial charge is 0.503 e. The van der Waals surface area contributed by atoms with Gasteiger partial charge in [-0.05, 0) is 48.5 Å². The van der Waals surface area contributed by atoms with E-state index in [-0.39, 0.29) is 5.69 Å². The lowest BCUT2D eigenvalue weighted by Gasteiger charge is -2.11. The zero-order valence-corrected chi connectivity index (χ0v) is 15.0. The molecule has 0 saturated heterocycles. The van der Waals surface area contributed by atoms with Gasteiger partial charge >= 0.3 is 6.03 Å². The fraction of sp³-hybridized carbons (Fsp3) is 0. The van der Waals surface area contributed by atoms with Crippen molar-refractivity contribution in [3.63, 3.8) is 0 Å². The van der Waals surface area contributed by atoms with Crippen molar-refractivity contribution in [1.29, 1.82) is 0 Å². The van der Waals surface area contributed by atoms with Gasteiger partial charge in [0.25, 0.3) is 0 Å². The van der Waals surface area contributed by atoms with E-state index >= 15 is 0 Å². The second kappa shape index (κ2) is 7.88. The van der Waals surface area contributed by atoms with E-state index in [1.54, 1.807) is 24.3 Å². The smallest absolute Gasteiger partial charge is 0.323 e. The highest BCUT2D eigenvalue weighted by Crippen LogP contribution is 2.30. The fourth-order valence-corrected chi connectivity index (χ4v) is 2.61. The van der Waals surface area contributed by atoms with Gasteiger partial charge in [0.05, 0.1) is 5.69 Å². The number of para-hydroxylation sites is 1. The van der Waals surface area contributed by atoms with E-state index < -0.39 is 17.6 Å². The molecular formula is C19H14BrFN2O3. The number of rotatable bonds is 4. The van der Waals surface area contributed by atoms with Crippen molar-refractivity contribution in [3.05, 3.63) is 77.0 Å². The Balaban J connectivity index is 1.63. The van der Waals surface area contributed by atoms with Crippen LogP contribution in [-0.4, -0.2) is 11.1 Å². The van der Waals surface area contributed by atoms with Gasteiger partial charge in [0.2, 0.25) is 0 Å². The minimum atomic E-state index is -0.836. The van der Waals surface area contributed by atoms with Crippen LogP contribution >= 0.6 is 15.9 Å². The second-order valence-electron chi connectivity index (χ2n) is 5.30. The molecule has 0 aliphatic heterocycles. The highest BCUT2D eigenvalue weighted by Gasteiger charge is 2.12. The van der Waals surface area contributed by atoms with Crippen molar-refractivity contribution in [2.75, 3.05) is 10.6 Å². The summed E-state index contributed by atoms with van der Waals surface area (Å²) in [6.45, 7) is 0. The standard InChI is InChI=1S/C19H14BrFN2O3/c20-12-10-16(21)18(24)17(11-12)23-19(25)22-13-6-8-15(9-7-13)26-14-4-2-1-3-5-14/h1-11,24H,(H2,22,23,25). The molecule has 3 aromatic rings. The van der Waals surface area contributed by atoms with Crippen LogP contribution in [0.25, 0.3) is 0 Å². The Morgan fingerprint density at radius 1 is 0.962 bits per heavy atom. The third kappa shape index (κ3) is 4.52. The van der Waals surface area contributed by atoms with Gasteiger partial charge in [0.1, 0.15) is 11.5 Å². The Labute approximate surface area is 157 Å². The Morgan fingerprint density at radius 2 is 1.62 bits per heavy atom. The predicted molar refractivity (Wildman–Crippen MR) is 101 cm³/mol. The number of nitrogens with one attached hydrogen (secondary N) is 2. The van der Waals surface area contributed by atoms with Crippen molar-refractivity contribution in [2.24, 2.45) is 0 Å². The molecule has 0 aliphatic rings. The highest BCUT2D eigenvalue weighted by atomic mass is 79.9. The lowest BCUT2D eigenvalue weighted by atomic mass is 10.3. The summed E-state index contributed by atoms with van der Waals surface area (Å²) >= 11 is 3.10. The van der Waals surface area contributed by atoms with Gasteiger partial charge < -0.3 is 20.5 Å². The zero-order chi connectivity index (χ0) is 18.5. The van der Waals surface area contributed by atoms with Crippen LogP contribution < -0.4 is 15.4 Å². The van der Waals surface area contributed by atoms with Gasteiger partial charge in [-0.3, -0.25) is 0 Å². The Hall–Kier alpha value is -3.06. The van der Waals surface area contributed by atoms with Gasteiger partial charge in [0, 0.05) is 10.2 Å². The Morgan fingerprint density at radius 3 is 2.31 bits per heavy atom. The lowest BCUT2D eigenvalue weighted by Crippen LogP contribution is -2.19. The van der Waals surface area contributed by atoms with Crippen molar-refractivity contribution >= 4 is 33.3 Å². The average molecular weight is 417 g/mol. The number of carbonyl (C=O) groups is 1. The van der Waals surface area contributed by atoms with E-state index in [4.69, 9.17) is 4.74 Å². The molecule has 3 aromatic carbocycles. The number of phenolic OH excluding ortho intramolecular Hbond substituents is 1. The van der Waals surface area contributed by atoms with Gasteiger partial charge in [-0.1, -0.05) is 34.1 Å². The Bertz CT molecular complexity index is 918. The molecule has 0 spiro atoms. The number of ether oxygens (including phenoxy) is 1. The van der Waals surface area contributed by atoms with Crippen LogP contribution in [0.15, 0.2) is 71.2 Å². The fourth-order valence-electron chi connectivity index (χ4n) is 2.18. The highest BCUT2D eigenvalue weighted by molar-refractivity contribution is 9.10. The van der Waals surface area contributed by atoms with Crippen molar-refractivity contribution in [3.8, 4) is 17.2 Å². The Kier molecular flexibility index (Phi) is 5.38. The summed E-state index contributed by atoms with van der Waals surface area (Å²) < 4.78 is 19.5. The van der Waals surface area contributed by atoms with Crippen molar-refractivity contribution in [1.82, 2.24) is 0 Å².